The minimum Gasteiger partial charge on any atom is -0.494 e. The summed E-state index contributed by atoms with van der Waals surface area (Å²) >= 11 is 0. The second kappa shape index (κ2) is 7.30. The number of nitrogens with zero attached hydrogens (tertiary/aromatic N) is 1. The third-order valence-electron chi connectivity index (χ3n) is 5.94. The molecule has 0 aromatic heterocycles. The van der Waals surface area contributed by atoms with Gasteiger partial charge in [-0.2, -0.15) is 0 Å². The van der Waals surface area contributed by atoms with E-state index in [1.807, 2.05) is 6.92 Å². The zero-order valence-corrected chi connectivity index (χ0v) is 16.1. The maximum absolute atomic E-state index is 12.9. The van der Waals surface area contributed by atoms with Gasteiger partial charge in [-0.1, -0.05) is 12.2 Å². The van der Waals surface area contributed by atoms with Crippen LogP contribution in [0.15, 0.2) is 36.4 Å². The lowest BCUT2D eigenvalue weighted by molar-refractivity contribution is -0.142. The number of likely N-dealkylation sites (tertiary alicyclic amines) is 1. The number of imide groups is 1. The van der Waals surface area contributed by atoms with Crippen molar-refractivity contribution in [3.63, 3.8) is 0 Å². The average Bonchev–Trinajstić information content (AvgIpc) is 2.97. The molecule has 5 rings (SSSR count). The molecule has 7 nitrogen and oxygen atoms in total. The van der Waals surface area contributed by atoms with E-state index < -0.39 is 12.2 Å². The number of benzene rings is 1. The Bertz CT molecular complexity index is 787. The minimum absolute atomic E-state index is 0.140. The van der Waals surface area contributed by atoms with Crippen molar-refractivity contribution >= 4 is 23.5 Å². The number of carbonyl (C=O) groups excluding carboxylic acids is 3. The summed E-state index contributed by atoms with van der Waals surface area (Å²) in [5.74, 6) is 0.138. The summed E-state index contributed by atoms with van der Waals surface area (Å²) in [4.78, 5) is 39.4. The predicted octanol–water partition coefficient (Wildman–Crippen LogP) is 2.75. The SMILES string of the molecule is CCOc1ccc(NC(=O)NC(C)N2C(=O)C3C4C=CC(CC4)C3C2=O)cc1. The number of fused-ring (bicyclic) bond motifs is 1. The lowest BCUT2D eigenvalue weighted by Crippen LogP contribution is -2.50. The van der Waals surface area contributed by atoms with Crippen molar-refractivity contribution in [3.8, 4) is 5.75 Å². The Morgan fingerprint density at radius 2 is 1.68 bits per heavy atom. The molecule has 1 saturated carbocycles. The molecule has 7 heteroatoms. The van der Waals surface area contributed by atoms with Crippen molar-refractivity contribution in [2.24, 2.45) is 23.7 Å². The first-order valence-electron chi connectivity index (χ1n) is 9.85. The fraction of sp³-hybridized carbons (Fsp3) is 0.476. The van der Waals surface area contributed by atoms with Crippen LogP contribution in [0.2, 0.25) is 0 Å². The summed E-state index contributed by atoms with van der Waals surface area (Å²) in [5, 5.41) is 5.43. The molecule has 1 saturated heterocycles. The minimum atomic E-state index is -0.701. The van der Waals surface area contributed by atoms with Crippen LogP contribution in [0.5, 0.6) is 5.75 Å². The lowest BCUT2D eigenvalue weighted by Gasteiger charge is -2.38. The summed E-state index contributed by atoms with van der Waals surface area (Å²) in [7, 11) is 0. The van der Waals surface area contributed by atoms with Gasteiger partial charge in [0.1, 0.15) is 11.9 Å². The Morgan fingerprint density at radius 1 is 1.11 bits per heavy atom. The number of ether oxygens (including phenoxy) is 1. The molecule has 0 spiro atoms. The van der Waals surface area contributed by atoms with Crippen LogP contribution in [0.4, 0.5) is 10.5 Å². The van der Waals surface area contributed by atoms with Crippen molar-refractivity contribution in [2.45, 2.75) is 32.9 Å². The molecule has 2 fully saturated rings. The highest BCUT2D eigenvalue weighted by atomic mass is 16.5. The molecule has 1 aliphatic heterocycles. The van der Waals surface area contributed by atoms with Crippen LogP contribution >= 0.6 is 0 Å². The Labute approximate surface area is 164 Å². The average molecular weight is 383 g/mol. The molecule has 5 atom stereocenters. The van der Waals surface area contributed by atoms with Crippen molar-refractivity contribution in [2.75, 3.05) is 11.9 Å². The maximum Gasteiger partial charge on any atom is 0.320 e. The Balaban J connectivity index is 1.39. The number of allylic oxidation sites excluding steroid dienone is 2. The second-order valence-electron chi connectivity index (χ2n) is 7.62. The topological polar surface area (TPSA) is 87.7 Å². The molecule has 5 unspecified atom stereocenters. The van der Waals surface area contributed by atoms with Gasteiger partial charge in [0.05, 0.1) is 18.4 Å². The van der Waals surface area contributed by atoms with Crippen LogP contribution in [0.1, 0.15) is 26.7 Å². The van der Waals surface area contributed by atoms with Gasteiger partial charge < -0.3 is 15.4 Å². The van der Waals surface area contributed by atoms with Gasteiger partial charge in [0.15, 0.2) is 0 Å². The maximum atomic E-state index is 12.9. The Morgan fingerprint density at radius 3 is 2.18 bits per heavy atom. The molecule has 3 aliphatic carbocycles. The van der Waals surface area contributed by atoms with Crippen LogP contribution in [0, 0.1) is 23.7 Å². The predicted molar refractivity (Wildman–Crippen MR) is 103 cm³/mol. The first-order chi connectivity index (χ1) is 13.5. The molecule has 1 aromatic rings. The standard InChI is InChI=1S/C21H25N3O4/c1-3-28-16-10-8-15(9-11-16)23-21(27)22-12(2)24-19(25)17-13-4-5-14(7-6-13)18(17)20(24)26/h4-5,8-14,17-18H,3,6-7H2,1-2H3,(H2,22,23,27). The van der Waals surface area contributed by atoms with Gasteiger partial charge in [-0.3, -0.25) is 14.5 Å². The second-order valence-corrected chi connectivity index (χ2v) is 7.62. The van der Waals surface area contributed by atoms with Crippen molar-refractivity contribution in [1.29, 1.82) is 0 Å². The molecule has 0 radical (unpaired) electrons. The third kappa shape index (κ3) is 3.15. The fourth-order valence-electron chi connectivity index (χ4n) is 4.70. The number of rotatable bonds is 5. The first-order valence-corrected chi connectivity index (χ1v) is 9.85. The van der Waals surface area contributed by atoms with Gasteiger partial charge in [0, 0.05) is 5.69 Å². The number of urea groups is 1. The number of nitrogens with one attached hydrogen (secondary N) is 2. The smallest absolute Gasteiger partial charge is 0.320 e. The highest BCUT2D eigenvalue weighted by Crippen LogP contribution is 2.49. The molecular formula is C21H25N3O4. The van der Waals surface area contributed by atoms with E-state index in [9.17, 15) is 14.4 Å². The van der Waals surface area contributed by atoms with E-state index in [-0.39, 0.29) is 35.5 Å². The highest BCUT2D eigenvalue weighted by Gasteiger charge is 2.57. The van der Waals surface area contributed by atoms with Crippen LogP contribution < -0.4 is 15.4 Å². The van der Waals surface area contributed by atoms with Crippen LogP contribution in [-0.2, 0) is 9.59 Å². The molecular weight excluding hydrogens is 358 g/mol. The van der Waals surface area contributed by atoms with E-state index in [2.05, 4.69) is 22.8 Å². The normalized spacial score (nSPS) is 28.9. The third-order valence-corrected chi connectivity index (χ3v) is 5.94. The van der Waals surface area contributed by atoms with E-state index in [1.165, 1.54) is 4.90 Å². The van der Waals surface area contributed by atoms with E-state index in [4.69, 9.17) is 4.74 Å². The molecule has 2 N–H and O–H groups in total. The quantitative estimate of drug-likeness (QED) is 0.605. The number of carbonyl (C=O) groups is 3. The number of anilines is 1. The van der Waals surface area contributed by atoms with Crippen molar-refractivity contribution in [1.82, 2.24) is 10.2 Å². The summed E-state index contributed by atoms with van der Waals surface area (Å²) in [6.45, 7) is 4.14. The molecule has 4 aliphatic rings. The summed E-state index contributed by atoms with van der Waals surface area (Å²) in [5.41, 5.74) is 0.600. The zero-order valence-electron chi connectivity index (χ0n) is 16.1. The number of hydrogen-bond acceptors (Lipinski definition) is 4. The summed E-state index contributed by atoms with van der Waals surface area (Å²) in [6.07, 6.45) is 5.37. The van der Waals surface area contributed by atoms with Crippen LogP contribution in [0.3, 0.4) is 0 Å². The first kappa shape index (κ1) is 18.5. The van der Waals surface area contributed by atoms with Gasteiger partial charge in [-0.25, -0.2) is 4.79 Å². The molecule has 28 heavy (non-hydrogen) atoms. The molecule has 4 amide bonds. The highest BCUT2D eigenvalue weighted by molar-refractivity contribution is 6.06. The van der Waals surface area contributed by atoms with Gasteiger partial charge in [-0.05, 0) is 62.8 Å². The lowest BCUT2D eigenvalue weighted by atomic mass is 9.63. The molecule has 2 bridgehead atoms. The van der Waals surface area contributed by atoms with E-state index >= 15 is 0 Å². The Hall–Kier alpha value is -2.83. The molecule has 148 valence electrons. The number of hydrogen-bond donors (Lipinski definition) is 2. The van der Waals surface area contributed by atoms with Crippen LogP contribution in [0.25, 0.3) is 0 Å². The Kier molecular flexibility index (Phi) is 4.83. The van der Waals surface area contributed by atoms with E-state index in [1.54, 1.807) is 31.2 Å². The van der Waals surface area contributed by atoms with Gasteiger partial charge >= 0.3 is 6.03 Å². The summed E-state index contributed by atoms with van der Waals surface area (Å²) in [6, 6.07) is 6.54. The fourth-order valence-corrected chi connectivity index (χ4v) is 4.70. The summed E-state index contributed by atoms with van der Waals surface area (Å²) < 4.78 is 5.38. The van der Waals surface area contributed by atoms with Gasteiger partial charge in [-0.15, -0.1) is 0 Å². The van der Waals surface area contributed by atoms with E-state index in [0.29, 0.717) is 12.3 Å². The monoisotopic (exact) mass is 383 g/mol. The zero-order chi connectivity index (χ0) is 19.8. The molecule has 1 aromatic carbocycles. The van der Waals surface area contributed by atoms with Crippen molar-refractivity contribution in [3.05, 3.63) is 36.4 Å². The molecule has 1 heterocycles. The van der Waals surface area contributed by atoms with Crippen LogP contribution in [-0.4, -0.2) is 35.5 Å². The van der Waals surface area contributed by atoms with Gasteiger partial charge in [0.2, 0.25) is 11.8 Å². The number of amides is 4. The van der Waals surface area contributed by atoms with E-state index in [0.717, 1.165) is 18.6 Å². The largest absolute Gasteiger partial charge is 0.494 e. The van der Waals surface area contributed by atoms with Gasteiger partial charge in [0.25, 0.3) is 0 Å². The van der Waals surface area contributed by atoms with Crippen molar-refractivity contribution < 1.29 is 19.1 Å².